The molecule has 0 atom stereocenters. The van der Waals surface area contributed by atoms with Crippen molar-refractivity contribution in [2.45, 2.75) is 0 Å². The number of fused-ring (bicyclic) bond motifs is 1. The van der Waals surface area contributed by atoms with Crippen molar-refractivity contribution in [3.05, 3.63) is 83.2 Å². The van der Waals surface area contributed by atoms with Gasteiger partial charge in [0.05, 0.1) is 19.6 Å². The Morgan fingerprint density at radius 2 is 1.68 bits per heavy atom. The van der Waals surface area contributed by atoms with Crippen LogP contribution >= 0.6 is 11.6 Å². The van der Waals surface area contributed by atoms with Crippen LogP contribution in [0.1, 0.15) is 0 Å². The second-order valence-corrected chi connectivity index (χ2v) is 6.59. The Bertz CT molecular complexity index is 1200. The van der Waals surface area contributed by atoms with E-state index < -0.39 is 0 Å². The van der Waals surface area contributed by atoms with Crippen molar-refractivity contribution in [3.63, 3.8) is 0 Å². The normalized spacial score (nSPS) is 11.6. The van der Waals surface area contributed by atoms with Crippen LogP contribution < -0.4 is 14.8 Å². The van der Waals surface area contributed by atoms with Crippen molar-refractivity contribution in [1.29, 1.82) is 0 Å². The van der Waals surface area contributed by atoms with Gasteiger partial charge in [-0.25, -0.2) is 4.99 Å². The fraction of sp³-hybridized carbons (Fsp3) is 0.0870. The average Bonchev–Trinajstić information content (AvgIpc) is 2.74. The Labute approximate surface area is 167 Å². The zero-order valence-corrected chi connectivity index (χ0v) is 16.2. The summed E-state index contributed by atoms with van der Waals surface area (Å²) in [5.74, 6) is 2.05. The van der Waals surface area contributed by atoms with Gasteiger partial charge in [0.2, 0.25) is 0 Å². The molecule has 0 bridgehead atoms. The third kappa shape index (κ3) is 3.59. The number of methoxy groups -OCH3 is 2. The third-order valence-corrected chi connectivity index (χ3v) is 4.63. The molecule has 3 aromatic carbocycles. The van der Waals surface area contributed by atoms with Crippen LogP contribution in [0.2, 0.25) is 5.02 Å². The lowest BCUT2D eigenvalue weighted by Gasteiger charge is -2.08. The fourth-order valence-electron chi connectivity index (χ4n) is 2.99. The quantitative estimate of drug-likeness (QED) is 0.428. The van der Waals surface area contributed by atoms with Gasteiger partial charge in [-0.3, -0.25) is 0 Å². The molecule has 0 radical (unpaired) electrons. The number of nitrogens with zero attached hydrogens (tertiary/aromatic N) is 1. The second kappa shape index (κ2) is 7.79. The summed E-state index contributed by atoms with van der Waals surface area (Å²) in [4.78, 5) is 4.84. The first kappa shape index (κ1) is 18.1. The number of hydrogen-bond donors (Lipinski definition) is 0. The van der Waals surface area contributed by atoms with E-state index in [9.17, 15) is 0 Å². The summed E-state index contributed by atoms with van der Waals surface area (Å²) in [7, 11) is 3.23. The fourth-order valence-corrected chi connectivity index (χ4v) is 3.16. The van der Waals surface area contributed by atoms with Gasteiger partial charge < -0.3 is 13.9 Å². The predicted octanol–water partition coefficient (Wildman–Crippen LogP) is 6.00. The maximum absolute atomic E-state index is 6.22. The van der Waals surface area contributed by atoms with E-state index in [1.54, 1.807) is 26.4 Å². The monoisotopic (exact) mass is 391 g/mol. The Hall–Kier alpha value is -3.24. The molecule has 0 aliphatic heterocycles. The molecule has 0 spiro atoms. The van der Waals surface area contributed by atoms with E-state index in [0.29, 0.717) is 27.8 Å². The molecule has 0 saturated heterocycles. The predicted molar refractivity (Wildman–Crippen MR) is 111 cm³/mol. The van der Waals surface area contributed by atoms with E-state index in [2.05, 4.69) is 0 Å². The highest BCUT2D eigenvalue weighted by atomic mass is 35.5. The first-order chi connectivity index (χ1) is 13.7. The topological polar surface area (TPSA) is 44.0 Å². The van der Waals surface area contributed by atoms with Crippen molar-refractivity contribution in [2.24, 2.45) is 4.99 Å². The van der Waals surface area contributed by atoms with Crippen molar-refractivity contribution >= 4 is 28.3 Å². The van der Waals surface area contributed by atoms with E-state index in [1.165, 1.54) is 0 Å². The smallest absolute Gasteiger partial charge is 0.148 e. The summed E-state index contributed by atoms with van der Waals surface area (Å²) in [6.07, 6.45) is 0. The molecule has 0 aliphatic rings. The number of rotatable bonds is 4. The molecule has 4 nitrogen and oxygen atoms in total. The van der Waals surface area contributed by atoms with Gasteiger partial charge in [0.25, 0.3) is 0 Å². The summed E-state index contributed by atoms with van der Waals surface area (Å²) in [5, 5.41) is 2.18. The molecule has 28 heavy (non-hydrogen) atoms. The maximum Gasteiger partial charge on any atom is 0.148 e. The summed E-state index contributed by atoms with van der Waals surface area (Å²) in [6, 6.07) is 22.9. The maximum atomic E-state index is 6.22. The van der Waals surface area contributed by atoms with Gasteiger partial charge >= 0.3 is 0 Å². The zero-order chi connectivity index (χ0) is 19.5. The Morgan fingerprint density at radius 1 is 0.857 bits per heavy atom. The van der Waals surface area contributed by atoms with Crippen LogP contribution in [-0.2, 0) is 0 Å². The van der Waals surface area contributed by atoms with E-state index in [0.717, 1.165) is 22.1 Å². The van der Waals surface area contributed by atoms with E-state index >= 15 is 0 Å². The molecule has 4 aromatic rings. The van der Waals surface area contributed by atoms with Gasteiger partial charge in [-0.1, -0.05) is 41.9 Å². The molecule has 0 fully saturated rings. The van der Waals surface area contributed by atoms with Gasteiger partial charge in [-0.2, -0.15) is 0 Å². The highest BCUT2D eigenvalue weighted by molar-refractivity contribution is 6.31. The van der Waals surface area contributed by atoms with Crippen LogP contribution in [0.3, 0.4) is 0 Å². The molecule has 5 heteroatoms. The molecule has 0 unspecified atom stereocenters. The molecule has 0 saturated carbocycles. The zero-order valence-electron chi connectivity index (χ0n) is 15.5. The molecule has 4 rings (SSSR count). The lowest BCUT2D eigenvalue weighted by Crippen LogP contribution is -2.03. The number of benzene rings is 3. The van der Waals surface area contributed by atoms with Crippen LogP contribution in [0.15, 0.2) is 82.2 Å². The van der Waals surface area contributed by atoms with Gasteiger partial charge in [0.15, 0.2) is 0 Å². The van der Waals surface area contributed by atoms with Crippen molar-refractivity contribution < 1.29 is 13.9 Å². The number of ether oxygens (including phenoxy) is 2. The van der Waals surface area contributed by atoms with Crippen molar-refractivity contribution in [3.8, 4) is 22.8 Å². The van der Waals surface area contributed by atoms with Crippen LogP contribution in [-0.4, -0.2) is 14.2 Å². The molecular formula is C23H18ClNO3. The van der Waals surface area contributed by atoms with E-state index in [-0.39, 0.29) is 0 Å². The Balaban J connectivity index is 1.99. The average molecular weight is 392 g/mol. The SMILES string of the molecule is COc1ccc(N=c2cc(-c3ccccc3)oc3ccc(Cl)cc23)c(OC)c1. The minimum atomic E-state index is 0.619. The Morgan fingerprint density at radius 3 is 2.43 bits per heavy atom. The highest BCUT2D eigenvalue weighted by Gasteiger charge is 2.09. The number of hydrogen-bond acceptors (Lipinski definition) is 4. The molecule has 0 aliphatic carbocycles. The first-order valence-corrected chi connectivity index (χ1v) is 9.11. The third-order valence-electron chi connectivity index (χ3n) is 4.39. The lowest BCUT2D eigenvalue weighted by atomic mass is 10.1. The molecule has 140 valence electrons. The second-order valence-electron chi connectivity index (χ2n) is 6.15. The largest absolute Gasteiger partial charge is 0.497 e. The van der Waals surface area contributed by atoms with Crippen LogP contribution in [0.4, 0.5) is 5.69 Å². The van der Waals surface area contributed by atoms with Crippen molar-refractivity contribution in [2.75, 3.05) is 14.2 Å². The van der Waals surface area contributed by atoms with Gasteiger partial charge in [-0.15, -0.1) is 0 Å². The number of halogens is 1. The van der Waals surface area contributed by atoms with Crippen LogP contribution in [0.25, 0.3) is 22.3 Å². The lowest BCUT2D eigenvalue weighted by molar-refractivity contribution is 0.395. The van der Waals surface area contributed by atoms with Crippen molar-refractivity contribution in [1.82, 2.24) is 0 Å². The van der Waals surface area contributed by atoms with Gasteiger partial charge in [0, 0.05) is 28.1 Å². The summed E-state index contributed by atoms with van der Waals surface area (Å²) in [6.45, 7) is 0. The summed E-state index contributed by atoms with van der Waals surface area (Å²) < 4.78 is 16.9. The first-order valence-electron chi connectivity index (χ1n) is 8.73. The Kier molecular flexibility index (Phi) is 5.04. The van der Waals surface area contributed by atoms with Gasteiger partial charge in [0.1, 0.15) is 28.5 Å². The van der Waals surface area contributed by atoms with Gasteiger partial charge in [-0.05, 0) is 30.3 Å². The molecule has 0 amide bonds. The summed E-state index contributed by atoms with van der Waals surface area (Å²) in [5.41, 5.74) is 2.37. The molecular weight excluding hydrogens is 374 g/mol. The highest BCUT2D eigenvalue weighted by Crippen LogP contribution is 2.32. The minimum Gasteiger partial charge on any atom is -0.497 e. The van der Waals surface area contributed by atoms with Crippen LogP contribution in [0.5, 0.6) is 11.5 Å². The molecule has 1 heterocycles. The standard InChI is InChI=1S/C23H18ClNO3/c1-26-17-9-10-19(23(13-17)27-2)25-20-14-22(15-6-4-3-5-7-15)28-21-11-8-16(24)12-18(20)21/h3-14H,1-2H3. The molecule has 1 aromatic heterocycles. The van der Waals surface area contributed by atoms with Crippen LogP contribution in [0, 0.1) is 0 Å². The van der Waals surface area contributed by atoms with E-state index in [1.807, 2.05) is 60.7 Å². The van der Waals surface area contributed by atoms with E-state index in [4.69, 9.17) is 30.5 Å². The minimum absolute atomic E-state index is 0.619. The summed E-state index contributed by atoms with van der Waals surface area (Å²) >= 11 is 6.22. The molecule has 0 N–H and O–H groups in total.